The number of carbonyl (C=O) groups is 2. The summed E-state index contributed by atoms with van der Waals surface area (Å²) in [7, 11) is 1.61. The van der Waals surface area contributed by atoms with E-state index in [-0.39, 0.29) is 37.7 Å². The van der Waals surface area contributed by atoms with Crippen molar-refractivity contribution in [2.75, 3.05) is 5.32 Å². The molecule has 0 spiro atoms. The van der Waals surface area contributed by atoms with Gasteiger partial charge < -0.3 is 11.1 Å². The number of nitrogens with zero attached hydrogens (tertiary/aromatic N) is 6. The third kappa shape index (κ3) is 4.26. The summed E-state index contributed by atoms with van der Waals surface area (Å²) < 4.78 is 43.4. The summed E-state index contributed by atoms with van der Waals surface area (Å²) in [5.74, 6) is -1.73. The molecule has 0 bridgehead atoms. The maximum atomic E-state index is 13.6. The van der Waals surface area contributed by atoms with Gasteiger partial charge in [0.15, 0.2) is 0 Å². The number of carbonyl (C=O) groups excluding carboxylic acids is 2. The summed E-state index contributed by atoms with van der Waals surface area (Å²) in [6, 6.07) is 0.820. The molecule has 0 radical (unpaired) electrons. The second kappa shape index (κ2) is 8.71. The van der Waals surface area contributed by atoms with Gasteiger partial charge in [0, 0.05) is 23.7 Å². The van der Waals surface area contributed by atoms with Crippen molar-refractivity contribution in [3.63, 3.8) is 0 Å². The van der Waals surface area contributed by atoms with Crippen molar-refractivity contribution >= 4 is 44.7 Å². The van der Waals surface area contributed by atoms with Crippen molar-refractivity contribution in [1.29, 1.82) is 0 Å². The van der Waals surface area contributed by atoms with Crippen LogP contribution in [0.1, 0.15) is 26.8 Å². The van der Waals surface area contributed by atoms with Gasteiger partial charge in [0.25, 0.3) is 5.91 Å². The molecule has 0 atom stereocenters. The Kier molecular flexibility index (Phi) is 5.99. The third-order valence-electron chi connectivity index (χ3n) is 5.53. The summed E-state index contributed by atoms with van der Waals surface area (Å²) in [5.41, 5.74) is 4.89. The molecule has 4 aromatic rings. The number of aryl methyl sites for hydroxylation is 1. The third-order valence-corrected chi connectivity index (χ3v) is 6.63. The molecule has 188 valence electrons. The van der Waals surface area contributed by atoms with E-state index < -0.39 is 35.2 Å². The molecule has 36 heavy (non-hydrogen) atoms. The van der Waals surface area contributed by atoms with Gasteiger partial charge in [-0.15, -0.1) is 11.3 Å². The highest BCUT2D eigenvalue weighted by Gasteiger charge is 2.35. The van der Waals surface area contributed by atoms with Crippen LogP contribution in [0.25, 0.3) is 21.3 Å². The van der Waals surface area contributed by atoms with Gasteiger partial charge in [-0.25, -0.2) is 4.98 Å². The minimum absolute atomic E-state index is 0.0443. The molecule has 4 heterocycles. The Balaban J connectivity index is 1.88. The SMILES string of the molecule is Cc1c(-c2cc(C(F)(F)F)nc3sc(C(N)=O)c(NC(=O)Cn4ncc([N+](=O)[O-])c4C)c23)cnn1C. The summed E-state index contributed by atoms with van der Waals surface area (Å²) in [5, 5.41) is 21.5. The van der Waals surface area contributed by atoms with Gasteiger partial charge in [-0.2, -0.15) is 23.4 Å². The van der Waals surface area contributed by atoms with Gasteiger partial charge in [0.05, 0.1) is 16.8 Å². The maximum absolute atomic E-state index is 13.6. The van der Waals surface area contributed by atoms with Crippen molar-refractivity contribution in [2.45, 2.75) is 26.6 Å². The monoisotopic (exact) mass is 522 g/mol. The smallest absolute Gasteiger partial charge is 0.365 e. The molecule has 0 aliphatic carbocycles. The van der Waals surface area contributed by atoms with Gasteiger partial charge in [-0.05, 0) is 25.5 Å². The second-order valence-corrected chi connectivity index (χ2v) is 8.75. The topological polar surface area (TPSA) is 164 Å². The quantitative estimate of drug-likeness (QED) is 0.290. The van der Waals surface area contributed by atoms with Gasteiger partial charge in [0.1, 0.15) is 33.8 Å². The Morgan fingerprint density at radius 1 is 1.19 bits per heavy atom. The van der Waals surface area contributed by atoms with Crippen LogP contribution in [0.4, 0.5) is 24.5 Å². The van der Waals surface area contributed by atoms with Crippen LogP contribution in [0.2, 0.25) is 0 Å². The Morgan fingerprint density at radius 3 is 2.42 bits per heavy atom. The Labute approximate surface area is 203 Å². The maximum Gasteiger partial charge on any atom is 0.433 e. The molecule has 3 N–H and O–H groups in total. The predicted octanol–water partition coefficient (Wildman–Crippen LogP) is 3.17. The molecule has 0 unspecified atom stereocenters. The van der Waals surface area contributed by atoms with Crippen molar-refractivity contribution < 1.29 is 27.7 Å². The van der Waals surface area contributed by atoms with Crippen molar-refractivity contribution in [1.82, 2.24) is 24.5 Å². The number of pyridine rings is 1. The molecule has 0 aromatic carbocycles. The molecular formula is C20H17F3N8O4S. The van der Waals surface area contributed by atoms with Crippen LogP contribution in [-0.2, 0) is 24.6 Å². The highest BCUT2D eigenvalue weighted by molar-refractivity contribution is 7.21. The van der Waals surface area contributed by atoms with Crippen molar-refractivity contribution in [3.8, 4) is 11.1 Å². The van der Waals surface area contributed by atoms with E-state index in [2.05, 4.69) is 20.5 Å². The number of rotatable bonds is 6. The van der Waals surface area contributed by atoms with E-state index >= 15 is 0 Å². The van der Waals surface area contributed by atoms with E-state index in [9.17, 15) is 32.9 Å². The number of hydrogen-bond acceptors (Lipinski definition) is 8. The summed E-state index contributed by atoms with van der Waals surface area (Å²) in [6.45, 7) is 2.58. The van der Waals surface area contributed by atoms with Gasteiger partial charge >= 0.3 is 11.9 Å². The Hall–Kier alpha value is -4.34. The number of hydrogen-bond donors (Lipinski definition) is 2. The van der Waals surface area contributed by atoms with Crippen LogP contribution in [0.5, 0.6) is 0 Å². The van der Waals surface area contributed by atoms with E-state index in [1.165, 1.54) is 17.8 Å². The van der Waals surface area contributed by atoms with Crippen molar-refractivity contribution in [3.05, 3.63) is 50.5 Å². The standard InChI is InChI=1S/C20H17F3N8O4S/c1-8-11(5-25-29(8)3)10-4-13(20(21,22)23)27-19-15(10)16(17(36-19)18(24)33)28-14(32)7-30-9(2)12(6-26-30)31(34)35/h4-6H,7H2,1-3H3,(H2,24,33)(H,28,32). The molecule has 12 nitrogen and oxygen atoms in total. The molecule has 0 saturated heterocycles. The minimum Gasteiger partial charge on any atom is -0.365 e. The molecule has 0 fully saturated rings. The first-order valence-corrected chi connectivity index (χ1v) is 10.9. The largest absolute Gasteiger partial charge is 0.433 e. The molecular weight excluding hydrogens is 505 g/mol. The lowest BCUT2D eigenvalue weighted by molar-refractivity contribution is -0.385. The number of primary amides is 1. The summed E-state index contributed by atoms with van der Waals surface area (Å²) >= 11 is 0.604. The van der Waals surface area contributed by atoms with Gasteiger partial charge in [0.2, 0.25) is 5.91 Å². The molecule has 0 aliphatic rings. The number of nitro groups is 1. The first kappa shape index (κ1) is 24.8. The average Bonchev–Trinajstić information content (AvgIpc) is 3.43. The van der Waals surface area contributed by atoms with Crippen LogP contribution in [0.15, 0.2) is 18.5 Å². The Morgan fingerprint density at radius 2 is 1.89 bits per heavy atom. The lowest BCUT2D eigenvalue weighted by Gasteiger charge is -2.12. The highest BCUT2D eigenvalue weighted by Crippen LogP contribution is 2.44. The normalized spacial score (nSPS) is 11.7. The fourth-order valence-corrected chi connectivity index (χ4v) is 4.61. The van der Waals surface area contributed by atoms with Gasteiger partial charge in [-0.1, -0.05) is 0 Å². The molecule has 2 amide bonds. The predicted molar refractivity (Wildman–Crippen MR) is 122 cm³/mol. The van der Waals surface area contributed by atoms with Gasteiger partial charge in [-0.3, -0.25) is 29.1 Å². The summed E-state index contributed by atoms with van der Waals surface area (Å²) in [4.78, 5) is 38.7. The molecule has 4 aromatic heterocycles. The van der Waals surface area contributed by atoms with E-state index in [0.29, 0.717) is 22.6 Å². The molecule has 4 rings (SSSR count). The lowest BCUT2D eigenvalue weighted by atomic mass is 10.0. The van der Waals surface area contributed by atoms with E-state index in [0.717, 1.165) is 16.9 Å². The number of anilines is 1. The first-order chi connectivity index (χ1) is 16.8. The highest BCUT2D eigenvalue weighted by atomic mass is 32.1. The number of amides is 2. The number of fused-ring (bicyclic) bond motifs is 1. The van der Waals surface area contributed by atoms with E-state index in [1.807, 2.05) is 0 Å². The zero-order valence-corrected chi connectivity index (χ0v) is 19.7. The molecule has 0 aliphatic heterocycles. The van der Waals surface area contributed by atoms with E-state index in [4.69, 9.17) is 5.73 Å². The number of halogens is 3. The second-order valence-electron chi connectivity index (χ2n) is 7.75. The zero-order chi connectivity index (χ0) is 26.5. The molecule has 16 heteroatoms. The first-order valence-electron chi connectivity index (χ1n) is 10.1. The van der Waals surface area contributed by atoms with Crippen LogP contribution in [0.3, 0.4) is 0 Å². The average molecular weight is 522 g/mol. The minimum atomic E-state index is -4.79. The fraction of sp³-hybridized carbons (Fsp3) is 0.250. The van der Waals surface area contributed by atoms with Crippen LogP contribution >= 0.6 is 11.3 Å². The van der Waals surface area contributed by atoms with E-state index in [1.54, 1.807) is 14.0 Å². The van der Waals surface area contributed by atoms with Crippen LogP contribution in [-0.4, -0.2) is 41.3 Å². The van der Waals surface area contributed by atoms with Crippen molar-refractivity contribution in [2.24, 2.45) is 12.8 Å². The fourth-order valence-electron chi connectivity index (χ4n) is 3.60. The number of alkyl halides is 3. The number of aromatic nitrogens is 5. The van der Waals surface area contributed by atoms with Crippen LogP contribution in [0, 0.1) is 24.0 Å². The number of thiophene rings is 1. The van der Waals surface area contributed by atoms with Crippen LogP contribution < -0.4 is 11.1 Å². The Bertz CT molecular complexity index is 1550. The summed E-state index contributed by atoms with van der Waals surface area (Å²) in [6.07, 6.45) is -2.43. The lowest BCUT2D eigenvalue weighted by Crippen LogP contribution is -2.22. The number of nitrogens with one attached hydrogen (secondary N) is 1. The number of nitrogens with two attached hydrogens (primary N) is 1. The zero-order valence-electron chi connectivity index (χ0n) is 18.9. The molecule has 0 saturated carbocycles.